The highest BCUT2D eigenvalue weighted by molar-refractivity contribution is 5.84. The fourth-order valence-electron chi connectivity index (χ4n) is 2.65. The molecule has 0 saturated carbocycles. The fraction of sp³-hybridized carbons (Fsp3) is 0.263. The highest BCUT2D eigenvalue weighted by Gasteiger charge is 2.15. The number of carbonyl (C=O) groups is 1. The summed E-state index contributed by atoms with van der Waals surface area (Å²) in [7, 11) is 0. The summed E-state index contributed by atoms with van der Waals surface area (Å²) in [6.45, 7) is 6.17. The molecule has 3 rings (SSSR count). The summed E-state index contributed by atoms with van der Waals surface area (Å²) in [5, 5.41) is 13.2. The number of para-hydroxylation sites is 1. The van der Waals surface area contributed by atoms with Crippen LogP contribution in [0.2, 0.25) is 0 Å². The van der Waals surface area contributed by atoms with Gasteiger partial charge >= 0.3 is 0 Å². The molecule has 2 aromatic heterocycles. The van der Waals surface area contributed by atoms with Gasteiger partial charge in [0.05, 0.1) is 6.54 Å². The number of pyridine rings is 1. The van der Waals surface area contributed by atoms with E-state index in [-0.39, 0.29) is 18.5 Å². The average molecular weight is 350 g/mol. The second-order valence-electron chi connectivity index (χ2n) is 6.19. The van der Waals surface area contributed by atoms with E-state index < -0.39 is 0 Å². The first kappa shape index (κ1) is 17.6. The van der Waals surface area contributed by atoms with Crippen LogP contribution >= 0.6 is 0 Å². The molecule has 26 heavy (non-hydrogen) atoms. The summed E-state index contributed by atoms with van der Waals surface area (Å²) in [5.74, 6) is 1.08. The zero-order valence-corrected chi connectivity index (χ0v) is 15.1. The molecule has 0 aliphatic heterocycles. The van der Waals surface area contributed by atoms with Crippen LogP contribution in [0.1, 0.15) is 23.9 Å². The van der Waals surface area contributed by atoms with E-state index in [9.17, 15) is 4.79 Å². The SMILES string of the molecule is Cc1cccc(C)c1N[C@@H](C)C(=O)NCc1nc(-c2ccncc2)n[nH]1. The van der Waals surface area contributed by atoms with E-state index in [0.29, 0.717) is 11.6 Å². The van der Waals surface area contributed by atoms with Gasteiger partial charge in [0.2, 0.25) is 5.91 Å². The number of rotatable bonds is 6. The number of aromatic nitrogens is 4. The largest absolute Gasteiger partial charge is 0.373 e. The predicted molar refractivity (Wildman–Crippen MR) is 100 cm³/mol. The van der Waals surface area contributed by atoms with Crippen LogP contribution in [0.25, 0.3) is 11.4 Å². The first-order valence-corrected chi connectivity index (χ1v) is 8.46. The molecule has 3 N–H and O–H groups in total. The molecule has 0 aliphatic carbocycles. The van der Waals surface area contributed by atoms with E-state index in [0.717, 1.165) is 22.4 Å². The maximum absolute atomic E-state index is 12.4. The van der Waals surface area contributed by atoms with E-state index in [1.54, 1.807) is 12.4 Å². The number of nitrogens with zero attached hydrogens (tertiary/aromatic N) is 3. The maximum atomic E-state index is 12.4. The van der Waals surface area contributed by atoms with E-state index in [4.69, 9.17) is 0 Å². The Bertz CT molecular complexity index is 870. The molecule has 0 spiro atoms. The molecule has 1 aromatic carbocycles. The van der Waals surface area contributed by atoms with Gasteiger partial charge < -0.3 is 10.6 Å². The smallest absolute Gasteiger partial charge is 0.242 e. The summed E-state index contributed by atoms with van der Waals surface area (Å²) in [6, 6.07) is 9.36. The van der Waals surface area contributed by atoms with Crippen molar-refractivity contribution < 1.29 is 4.79 Å². The molecule has 0 fully saturated rings. The molecular weight excluding hydrogens is 328 g/mol. The van der Waals surface area contributed by atoms with Gasteiger partial charge in [-0.25, -0.2) is 4.98 Å². The number of aromatic amines is 1. The summed E-state index contributed by atoms with van der Waals surface area (Å²) >= 11 is 0. The summed E-state index contributed by atoms with van der Waals surface area (Å²) < 4.78 is 0. The number of carbonyl (C=O) groups excluding carboxylic acids is 1. The van der Waals surface area contributed by atoms with Gasteiger partial charge in [0.15, 0.2) is 5.82 Å². The van der Waals surface area contributed by atoms with E-state index in [2.05, 4.69) is 30.8 Å². The lowest BCUT2D eigenvalue weighted by molar-refractivity contribution is -0.121. The lowest BCUT2D eigenvalue weighted by Gasteiger charge is -2.18. The molecule has 1 amide bonds. The van der Waals surface area contributed by atoms with Gasteiger partial charge in [0.1, 0.15) is 11.9 Å². The Hall–Kier alpha value is -3.22. The number of anilines is 1. The zero-order chi connectivity index (χ0) is 18.5. The van der Waals surface area contributed by atoms with Crippen LogP contribution in [-0.4, -0.2) is 32.1 Å². The van der Waals surface area contributed by atoms with Gasteiger partial charge in [-0.05, 0) is 44.0 Å². The molecule has 7 nitrogen and oxygen atoms in total. The lowest BCUT2D eigenvalue weighted by atomic mass is 10.1. The second-order valence-corrected chi connectivity index (χ2v) is 6.19. The predicted octanol–water partition coefficient (Wildman–Crippen LogP) is 2.60. The van der Waals surface area contributed by atoms with Crippen molar-refractivity contribution >= 4 is 11.6 Å². The molecular formula is C19H22N6O. The zero-order valence-electron chi connectivity index (χ0n) is 15.1. The fourth-order valence-corrected chi connectivity index (χ4v) is 2.65. The molecule has 3 aromatic rings. The molecule has 0 unspecified atom stereocenters. The molecule has 0 saturated heterocycles. The van der Waals surface area contributed by atoms with Crippen LogP contribution in [0.3, 0.4) is 0 Å². The third-order valence-corrected chi connectivity index (χ3v) is 4.14. The number of H-pyrrole nitrogens is 1. The Morgan fingerprint density at radius 3 is 2.54 bits per heavy atom. The Kier molecular flexibility index (Phi) is 5.26. The van der Waals surface area contributed by atoms with E-state index in [1.165, 1.54) is 0 Å². The van der Waals surface area contributed by atoms with E-state index >= 15 is 0 Å². The van der Waals surface area contributed by atoms with Crippen molar-refractivity contribution in [1.29, 1.82) is 0 Å². The van der Waals surface area contributed by atoms with Gasteiger partial charge in [-0.2, -0.15) is 5.10 Å². The minimum atomic E-state index is -0.364. The highest BCUT2D eigenvalue weighted by Crippen LogP contribution is 2.20. The van der Waals surface area contributed by atoms with Gasteiger partial charge in [-0.3, -0.25) is 14.9 Å². The normalized spacial score (nSPS) is 11.8. The minimum absolute atomic E-state index is 0.102. The third-order valence-electron chi connectivity index (χ3n) is 4.14. The van der Waals surface area contributed by atoms with Gasteiger partial charge in [0.25, 0.3) is 0 Å². The van der Waals surface area contributed by atoms with Gasteiger partial charge in [-0.15, -0.1) is 0 Å². The van der Waals surface area contributed by atoms with Crippen LogP contribution in [0.15, 0.2) is 42.7 Å². The summed E-state index contributed by atoms with van der Waals surface area (Å²) in [5.41, 5.74) is 4.09. The number of aryl methyl sites for hydroxylation is 2. The number of hydrogen-bond donors (Lipinski definition) is 3. The monoisotopic (exact) mass is 350 g/mol. The average Bonchev–Trinajstić information content (AvgIpc) is 3.12. The van der Waals surface area contributed by atoms with Crippen molar-refractivity contribution in [3.8, 4) is 11.4 Å². The Balaban J connectivity index is 1.58. The number of benzene rings is 1. The van der Waals surface area contributed by atoms with Crippen LogP contribution < -0.4 is 10.6 Å². The van der Waals surface area contributed by atoms with Crippen LogP contribution in [-0.2, 0) is 11.3 Å². The van der Waals surface area contributed by atoms with Crippen molar-refractivity contribution in [2.24, 2.45) is 0 Å². The van der Waals surface area contributed by atoms with Crippen LogP contribution in [0.5, 0.6) is 0 Å². The van der Waals surface area contributed by atoms with Gasteiger partial charge in [0, 0.05) is 23.6 Å². The first-order valence-electron chi connectivity index (χ1n) is 8.46. The molecule has 7 heteroatoms. The highest BCUT2D eigenvalue weighted by atomic mass is 16.2. The Labute approximate surface area is 152 Å². The standard InChI is InChI=1S/C19H22N6O/c1-12-5-4-6-13(2)17(12)22-14(3)19(26)21-11-16-23-18(25-24-16)15-7-9-20-10-8-15/h4-10,14,22H,11H2,1-3H3,(H,21,26)(H,23,24,25)/t14-/m0/s1. The van der Waals surface area contributed by atoms with Crippen molar-refractivity contribution in [3.05, 3.63) is 59.7 Å². The number of nitrogens with one attached hydrogen (secondary N) is 3. The van der Waals surface area contributed by atoms with Crippen molar-refractivity contribution in [1.82, 2.24) is 25.5 Å². The summed E-state index contributed by atoms with van der Waals surface area (Å²) in [4.78, 5) is 20.7. The van der Waals surface area contributed by atoms with Crippen molar-refractivity contribution in [3.63, 3.8) is 0 Å². The lowest BCUT2D eigenvalue weighted by Crippen LogP contribution is -2.37. The molecule has 0 bridgehead atoms. The van der Waals surface area contributed by atoms with Crippen molar-refractivity contribution in [2.45, 2.75) is 33.4 Å². The van der Waals surface area contributed by atoms with Gasteiger partial charge in [-0.1, -0.05) is 18.2 Å². The number of amides is 1. The Morgan fingerprint density at radius 1 is 1.15 bits per heavy atom. The second kappa shape index (κ2) is 7.77. The minimum Gasteiger partial charge on any atom is -0.373 e. The molecule has 0 aliphatic rings. The first-order chi connectivity index (χ1) is 12.5. The molecule has 2 heterocycles. The third kappa shape index (κ3) is 4.05. The Morgan fingerprint density at radius 2 is 1.85 bits per heavy atom. The molecule has 134 valence electrons. The number of hydrogen-bond acceptors (Lipinski definition) is 5. The molecule has 0 radical (unpaired) electrons. The van der Waals surface area contributed by atoms with E-state index in [1.807, 2.05) is 51.1 Å². The quantitative estimate of drug-likeness (QED) is 0.635. The van der Waals surface area contributed by atoms with Crippen LogP contribution in [0, 0.1) is 13.8 Å². The summed E-state index contributed by atoms with van der Waals surface area (Å²) in [6.07, 6.45) is 3.38. The van der Waals surface area contributed by atoms with Crippen molar-refractivity contribution in [2.75, 3.05) is 5.32 Å². The maximum Gasteiger partial charge on any atom is 0.242 e. The molecule has 1 atom stereocenters. The topological polar surface area (TPSA) is 95.6 Å². The van der Waals surface area contributed by atoms with Crippen LogP contribution in [0.4, 0.5) is 5.69 Å².